The summed E-state index contributed by atoms with van der Waals surface area (Å²) < 4.78 is 41.1. The van der Waals surface area contributed by atoms with Gasteiger partial charge in [0.05, 0.1) is 5.02 Å². The van der Waals surface area contributed by atoms with Gasteiger partial charge >= 0.3 is 0 Å². The molecule has 146 valence electrons. The number of carbonyl (C=O) groups excluding carboxylic acids is 1. The molecule has 0 aliphatic carbocycles. The summed E-state index contributed by atoms with van der Waals surface area (Å²) in [6, 6.07) is 14.8. The fourth-order valence-corrected chi connectivity index (χ4v) is 4.89. The predicted octanol–water partition coefficient (Wildman–Crippen LogP) is 4.07. The molecule has 1 aromatic heterocycles. The third-order valence-corrected chi connectivity index (χ3v) is 7.00. The molecule has 0 bridgehead atoms. The van der Waals surface area contributed by atoms with Crippen molar-refractivity contribution in [2.24, 2.45) is 0 Å². The van der Waals surface area contributed by atoms with Crippen LogP contribution in [0.2, 0.25) is 5.02 Å². The number of nitrogens with one attached hydrogen (secondary N) is 2. The Morgan fingerprint density at radius 2 is 1.86 bits per heavy atom. The number of hydrogen-bond donors (Lipinski definition) is 2. The minimum Gasteiger partial charge on any atom is -0.325 e. The first-order chi connectivity index (χ1) is 13.3. The van der Waals surface area contributed by atoms with Gasteiger partial charge in [0.15, 0.2) is 0 Å². The summed E-state index contributed by atoms with van der Waals surface area (Å²) in [5.74, 6) is -1.19. The van der Waals surface area contributed by atoms with Gasteiger partial charge in [-0.3, -0.25) is 4.79 Å². The van der Waals surface area contributed by atoms with E-state index in [1.807, 2.05) is 6.07 Å². The third-order valence-electron chi connectivity index (χ3n) is 3.84. The van der Waals surface area contributed by atoms with E-state index < -0.39 is 27.8 Å². The maximum absolute atomic E-state index is 13.3. The van der Waals surface area contributed by atoms with Crippen molar-refractivity contribution in [1.82, 2.24) is 4.72 Å². The summed E-state index contributed by atoms with van der Waals surface area (Å²) in [6.45, 7) is 0. The highest BCUT2D eigenvalue weighted by molar-refractivity contribution is 7.91. The molecule has 1 amide bonds. The number of amides is 1. The van der Waals surface area contributed by atoms with Gasteiger partial charge in [0.1, 0.15) is 16.1 Å². The molecular weight excluding hydrogens is 423 g/mol. The fourth-order valence-electron chi connectivity index (χ4n) is 2.50. The fraction of sp³-hybridized carbons (Fsp3) is 0.105. The second-order valence-electron chi connectivity index (χ2n) is 5.91. The topological polar surface area (TPSA) is 75.3 Å². The van der Waals surface area contributed by atoms with Gasteiger partial charge in [0.2, 0.25) is 5.91 Å². The Morgan fingerprint density at radius 1 is 1.11 bits per heavy atom. The van der Waals surface area contributed by atoms with E-state index in [4.69, 9.17) is 11.6 Å². The highest BCUT2D eigenvalue weighted by Crippen LogP contribution is 2.21. The van der Waals surface area contributed by atoms with Crippen LogP contribution >= 0.6 is 22.9 Å². The highest BCUT2D eigenvalue weighted by Gasteiger charge is 2.27. The van der Waals surface area contributed by atoms with Crippen LogP contribution in [0.4, 0.5) is 10.1 Å². The van der Waals surface area contributed by atoms with Gasteiger partial charge in [0, 0.05) is 5.69 Å². The zero-order valence-corrected chi connectivity index (χ0v) is 16.8. The predicted molar refractivity (Wildman–Crippen MR) is 109 cm³/mol. The Balaban J connectivity index is 1.84. The lowest BCUT2D eigenvalue weighted by molar-refractivity contribution is -0.117. The molecule has 9 heteroatoms. The summed E-state index contributed by atoms with van der Waals surface area (Å²) in [5, 5.41) is 4.08. The van der Waals surface area contributed by atoms with Crippen molar-refractivity contribution >= 4 is 44.6 Å². The molecule has 1 heterocycles. The minimum atomic E-state index is -3.87. The SMILES string of the molecule is O=C(Nc1ccc(F)c(Cl)c1)[C@@H](Cc1ccccc1)NS(=O)(=O)c1cccs1. The van der Waals surface area contributed by atoms with Crippen molar-refractivity contribution in [2.45, 2.75) is 16.7 Å². The van der Waals surface area contributed by atoms with Gasteiger partial charge in [-0.1, -0.05) is 48.0 Å². The molecule has 0 saturated heterocycles. The number of halogens is 2. The normalized spacial score (nSPS) is 12.5. The van der Waals surface area contributed by atoms with Crippen molar-refractivity contribution in [3.63, 3.8) is 0 Å². The molecule has 0 aliphatic rings. The van der Waals surface area contributed by atoms with Crippen molar-refractivity contribution < 1.29 is 17.6 Å². The number of hydrogen-bond acceptors (Lipinski definition) is 4. The van der Waals surface area contributed by atoms with Crippen molar-refractivity contribution in [2.75, 3.05) is 5.32 Å². The third kappa shape index (κ3) is 5.17. The van der Waals surface area contributed by atoms with Crippen LogP contribution in [0.15, 0.2) is 70.3 Å². The molecule has 3 rings (SSSR count). The van der Waals surface area contributed by atoms with Crippen LogP contribution in [0.3, 0.4) is 0 Å². The van der Waals surface area contributed by atoms with E-state index in [2.05, 4.69) is 10.0 Å². The van der Waals surface area contributed by atoms with E-state index in [-0.39, 0.29) is 21.3 Å². The van der Waals surface area contributed by atoms with Crippen LogP contribution in [-0.4, -0.2) is 20.4 Å². The van der Waals surface area contributed by atoms with Crippen LogP contribution < -0.4 is 10.0 Å². The molecule has 0 spiro atoms. The van der Waals surface area contributed by atoms with E-state index in [9.17, 15) is 17.6 Å². The Hall–Kier alpha value is -2.26. The van der Waals surface area contributed by atoms with Crippen LogP contribution in [-0.2, 0) is 21.2 Å². The Morgan fingerprint density at radius 3 is 2.50 bits per heavy atom. The maximum Gasteiger partial charge on any atom is 0.250 e. The number of thiophene rings is 1. The molecule has 3 aromatic rings. The zero-order valence-electron chi connectivity index (χ0n) is 14.4. The van der Waals surface area contributed by atoms with E-state index in [0.717, 1.165) is 23.0 Å². The van der Waals surface area contributed by atoms with Crippen LogP contribution in [0.25, 0.3) is 0 Å². The monoisotopic (exact) mass is 438 g/mol. The van der Waals surface area contributed by atoms with Crippen molar-refractivity contribution in [3.05, 3.63) is 82.4 Å². The second kappa shape index (κ2) is 8.83. The number of anilines is 1. The summed E-state index contributed by atoms with van der Waals surface area (Å²) in [4.78, 5) is 12.8. The number of sulfonamides is 1. The molecular formula is C19H16ClFN2O3S2. The first-order valence-corrected chi connectivity index (χ1v) is 10.9. The molecule has 28 heavy (non-hydrogen) atoms. The Labute approximate surface area is 171 Å². The Kier molecular flexibility index (Phi) is 6.46. The molecule has 2 aromatic carbocycles. The van der Waals surface area contributed by atoms with Gasteiger partial charge in [0.25, 0.3) is 10.0 Å². The van der Waals surface area contributed by atoms with Gasteiger partial charge in [-0.05, 0) is 41.6 Å². The summed E-state index contributed by atoms with van der Waals surface area (Å²) in [6.07, 6.45) is 0.145. The standard InChI is InChI=1S/C19H16ClFN2O3S2/c20-15-12-14(8-9-16(15)21)22-19(24)17(11-13-5-2-1-3-6-13)23-28(25,26)18-7-4-10-27-18/h1-10,12,17,23H,11H2,(H,22,24)/t17-/m1/s1. The molecule has 0 saturated carbocycles. The average Bonchev–Trinajstić information content (AvgIpc) is 3.21. The average molecular weight is 439 g/mol. The van der Waals surface area contributed by atoms with Gasteiger partial charge in [-0.2, -0.15) is 4.72 Å². The lowest BCUT2D eigenvalue weighted by Crippen LogP contribution is -2.45. The largest absolute Gasteiger partial charge is 0.325 e. The quantitative estimate of drug-likeness (QED) is 0.584. The lowest BCUT2D eigenvalue weighted by atomic mass is 10.1. The maximum atomic E-state index is 13.3. The van der Waals surface area contributed by atoms with Crippen molar-refractivity contribution in [1.29, 1.82) is 0 Å². The summed E-state index contributed by atoms with van der Waals surface area (Å²) in [5.41, 5.74) is 1.05. The van der Waals surface area contributed by atoms with Crippen LogP contribution in [0, 0.1) is 5.82 Å². The summed E-state index contributed by atoms with van der Waals surface area (Å²) in [7, 11) is -3.87. The minimum absolute atomic E-state index is 0.114. The molecule has 2 N–H and O–H groups in total. The van der Waals surface area contributed by atoms with Crippen molar-refractivity contribution in [3.8, 4) is 0 Å². The van der Waals surface area contributed by atoms with Gasteiger partial charge in [-0.15, -0.1) is 11.3 Å². The molecule has 1 atom stereocenters. The molecule has 0 radical (unpaired) electrons. The smallest absolute Gasteiger partial charge is 0.250 e. The molecule has 0 fully saturated rings. The van der Waals surface area contributed by atoms with Gasteiger partial charge in [-0.25, -0.2) is 12.8 Å². The van der Waals surface area contributed by atoms with E-state index in [1.165, 1.54) is 18.2 Å². The van der Waals surface area contributed by atoms with Crippen LogP contribution in [0.1, 0.15) is 5.56 Å². The number of rotatable bonds is 7. The number of carbonyl (C=O) groups is 1. The first-order valence-electron chi connectivity index (χ1n) is 8.21. The molecule has 5 nitrogen and oxygen atoms in total. The van der Waals surface area contributed by atoms with Gasteiger partial charge < -0.3 is 5.32 Å². The van der Waals surface area contributed by atoms with E-state index in [1.54, 1.807) is 35.7 Å². The lowest BCUT2D eigenvalue weighted by Gasteiger charge is -2.18. The van der Waals surface area contributed by atoms with Crippen LogP contribution in [0.5, 0.6) is 0 Å². The molecule has 0 aliphatic heterocycles. The Bertz CT molecular complexity index is 1060. The first kappa shape index (κ1) is 20.5. The van der Waals surface area contributed by atoms with E-state index in [0.29, 0.717) is 0 Å². The highest BCUT2D eigenvalue weighted by atomic mass is 35.5. The summed E-state index contributed by atoms with van der Waals surface area (Å²) >= 11 is 6.80. The van der Waals surface area contributed by atoms with E-state index >= 15 is 0 Å². The second-order valence-corrected chi connectivity index (χ2v) is 9.21. The molecule has 0 unspecified atom stereocenters. The zero-order chi connectivity index (χ0) is 20.1. The number of benzene rings is 2.